The van der Waals surface area contributed by atoms with Crippen LogP contribution in [0.25, 0.3) is 10.9 Å². The Morgan fingerprint density at radius 1 is 1.09 bits per heavy atom. The summed E-state index contributed by atoms with van der Waals surface area (Å²) in [7, 11) is 0. The molecule has 0 bridgehead atoms. The first-order valence-corrected chi connectivity index (χ1v) is 9.29. The van der Waals surface area contributed by atoms with Gasteiger partial charge in [-0.3, -0.25) is 4.68 Å². The fraction of sp³-hybridized carbons (Fsp3) is 0.650. The summed E-state index contributed by atoms with van der Waals surface area (Å²) in [5.74, 6) is 1.98. The van der Waals surface area contributed by atoms with E-state index in [0.29, 0.717) is 6.04 Å². The van der Waals surface area contributed by atoms with Crippen LogP contribution >= 0.6 is 0 Å². The van der Waals surface area contributed by atoms with Gasteiger partial charge in [0.25, 0.3) is 0 Å². The summed E-state index contributed by atoms with van der Waals surface area (Å²) in [6, 6.07) is 7.50. The maximum atomic E-state index is 4.74. The average molecular weight is 296 g/mol. The van der Waals surface area contributed by atoms with Crippen molar-refractivity contribution in [1.82, 2.24) is 9.78 Å². The second kappa shape index (κ2) is 6.06. The Labute approximate surface area is 133 Å². The van der Waals surface area contributed by atoms with E-state index in [-0.39, 0.29) is 0 Å². The third kappa shape index (κ3) is 2.68. The molecule has 0 amide bonds. The molecule has 2 aliphatic carbocycles. The smallest absolute Gasteiger partial charge is 0.0685 e. The van der Waals surface area contributed by atoms with Crippen molar-refractivity contribution in [2.24, 2.45) is 11.8 Å². The zero-order valence-corrected chi connectivity index (χ0v) is 13.8. The molecule has 118 valence electrons. The van der Waals surface area contributed by atoms with Crippen molar-refractivity contribution < 1.29 is 0 Å². The van der Waals surface area contributed by atoms with Gasteiger partial charge in [0, 0.05) is 5.39 Å². The number of hydrogen-bond donors (Lipinski definition) is 0. The highest BCUT2D eigenvalue weighted by Crippen LogP contribution is 2.41. The van der Waals surface area contributed by atoms with Gasteiger partial charge in [0.2, 0.25) is 0 Å². The van der Waals surface area contributed by atoms with Gasteiger partial charge in [-0.2, -0.15) is 5.10 Å². The molecule has 0 N–H and O–H groups in total. The average Bonchev–Trinajstić information content (AvgIpc) is 3.26. The van der Waals surface area contributed by atoms with Gasteiger partial charge in [0.05, 0.1) is 17.8 Å². The molecule has 2 aliphatic rings. The molecule has 22 heavy (non-hydrogen) atoms. The maximum Gasteiger partial charge on any atom is 0.0685 e. The van der Waals surface area contributed by atoms with E-state index in [2.05, 4.69) is 36.0 Å². The maximum absolute atomic E-state index is 4.74. The number of nitrogens with zero attached hydrogens (tertiary/aromatic N) is 2. The van der Waals surface area contributed by atoms with E-state index in [4.69, 9.17) is 5.10 Å². The molecular formula is C20H28N2. The summed E-state index contributed by atoms with van der Waals surface area (Å²) < 4.78 is 2.32. The monoisotopic (exact) mass is 296 g/mol. The summed E-state index contributed by atoms with van der Waals surface area (Å²) in [5, 5.41) is 6.05. The van der Waals surface area contributed by atoms with E-state index in [0.717, 1.165) is 18.3 Å². The Morgan fingerprint density at radius 3 is 2.77 bits per heavy atom. The number of rotatable bonds is 4. The minimum atomic E-state index is 0.636. The van der Waals surface area contributed by atoms with E-state index in [1.807, 2.05) is 0 Å². The van der Waals surface area contributed by atoms with Gasteiger partial charge < -0.3 is 0 Å². The topological polar surface area (TPSA) is 17.8 Å². The molecule has 2 heteroatoms. The second-order valence-corrected chi connectivity index (χ2v) is 7.55. The highest BCUT2D eigenvalue weighted by atomic mass is 15.3. The molecule has 0 radical (unpaired) electrons. The predicted molar refractivity (Wildman–Crippen MR) is 92.1 cm³/mol. The van der Waals surface area contributed by atoms with Crippen LogP contribution in [0.2, 0.25) is 0 Å². The number of hydrogen-bond acceptors (Lipinski definition) is 1. The Hall–Kier alpha value is -1.31. The van der Waals surface area contributed by atoms with Gasteiger partial charge in [0.15, 0.2) is 0 Å². The van der Waals surface area contributed by atoms with E-state index in [1.165, 1.54) is 67.8 Å². The lowest BCUT2D eigenvalue weighted by molar-refractivity contribution is 0.365. The molecule has 1 heterocycles. The van der Waals surface area contributed by atoms with Crippen LogP contribution in [0.1, 0.15) is 69.9 Å². The van der Waals surface area contributed by atoms with Crippen molar-refractivity contribution in [3.63, 3.8) is 0 Å². The summed E-state index contributed by atoms with van der Waals surface area (Å²) in [4.78, 5) is 0. The van der Waals surface area contributed by atoms with Crippen molar-refractivity contribution in [2.45, 2.75) is 70.8 Å². The number of benzene rings is 1. The minimum Gasteiger partial charge on any atom is -0.262 e. The van der Waals surface area contributed by atoms with Gasteiger partial charge >= 0.3 is 0 Å². The molecule has 4 rings (SSSR count). The van der Waals surface area contributed by atoms with E-state index < -0.39 is 0 Å². The zero-order chi connectivity index (χ0) is 14.9. The van der Waals surface area contributed by atoms with Crippen LogP contribution in [0.4, 0.5) is 0 Å². The molecule has 0 spiro atoms. The third-order valence-corrected chi connectivity index (χ3v) is 6.07. The molecule has 2 aromatic rings. The zero-order valence-electron chi connectivity index (χ0n) is 13.8. The second-order valence-electron chi connectivity index (χ2n) is 7.55. The lowest BCUT2D eigenvalue weighted by Gasteiger charge is -2.16. The van der Waals surface area contributed by atoms with E-state index in [1.54, 1.807) is 0 Å². The summed E-state index contributed by atoms with van der Waals surface area (Å²) in [6.07, 6.45) is 14.7. The fourth-order valence-electron chi connectivity index (χ4n) is 4.82. The largest absolute Gasteiger partial charge is 0.262 e. The number of aromatic nitrogens is 2. The quantitative estimate of drug-likeness (QED) is 0.726. The minimum absolute atomic E-state index is 0.636. The summed E-state index contributed by atoms with van der Waals surface area (Å²) in [6.45, 7) is 2.22. The third-order valence-electron chi connectivity index (χ3n) is 6.07. The van der Waals surface area contributed by atoms with Crippen molar-refractivity contribution in [3.05, 3.63) is 30.0 Å². The van der Waals surface area contributed by atoms with Crippen LogP contribution in [0, 0.1) is 11.8 Å². The van der Waals surface area contributed by atoms with Gasteiger partial charge in [-0.25, -0.2) is 0 Å². The first-order valence-electron chi connectivity index (χ1n) is 9.29. The van der Waals surface area contributed by atoms with Crippen LogP contribution in [0.15, 0.2) is 24.4 Å². The number of fused-ring (bicyclic) bond motifs is 1. The molecule has 2 nitrogen and oxygen atoms in total. The SMILES string of the molecule is CCc1ccc2c(cnn2C2CCC(CC3CCCC3)C2)c1. The first kappa shape index (κ1) is 14.3. The number of aryl methyl sites for hydroxylation is 1. The van der Waals surface area contributed by atoms with E-state index >= 15 is 0 Å². The van der Waals surface area contributed by atoms with Crippen molar-refractivity contribution in [2.75, 3.05) is 0 Å². The van der Waals surface area contributed by atoms with Crippen LogP contribution in [0.5, 0.6) is 0 Å². The van der Waals surface area contributed by atoms with Gasteiger partial charge in [-0.05, 0) is 61.6 Å². The van der Waals surface area contributed by atoms with Crippen molar-refractivity contribution in [1.29, 1.82) is 0 Å². The van der Waals surface area contributed by atoms with Crippen LogP contribution in [0.3, 0.4) is 0 Å². The molecule has 0 aliphatic heterocycles. The lowest BCUT2D eigenvalue weighted by atomic mass is 9.92. The molecule has 2 atom stereocenters. The first-order chi connectivity index (χ1) is 10.8. The molecule has 1 aromatic heterocycles. The van der Waals surface area contributed by atoms with Crippen molar-refractivity contribution >= 4 is 10.9 Å². The molecule has 2 saturated carbocycles. The highest BCUT2D eigenvalue weighted by Gasteiger charge is 2.30. The van der Waals surface area contributed by atoms with Crippen molar-refractivity contribution in [3.8, 4) is 0 Å². The predicted octanol–water partition coefficient (Wildman–Crippen LogP) is 5.52. The Kier molecular flexibility index (Phi) is 3.94. The molecular weight excluding hydrogens is 268 g/mol. The lowest BCUT2D eigenvalue weighted by Crippen LogP contribution is -2.08. The Balaban J connectivity index is 1.48. The van der Waals surface area contributed by atoms with Gasteiger partial charge in [-0.1, -0.05) is 38.7 Å². The fourth-order valence-corrected chi connectivity index (χ4v) is 4.82. The summed E-state index contributed by atoms with van der Waals surface area (Å²) >= 11 is 0. The van der Waals surface area contributed by atoms with Gasteiger partial charge in [0.1, 0.15) is 0 Å². The summed E-state index contributed by atoms with van der Waals surface area (Å²) in [5.41, 5.74) is 2.75. The highest BCUT2D eigenvalue weighted by molar-refractivity contribution is 5.79. The molecule has 2 unspecified atom stereocenters. The van der Waals surface area contributed by atoms with Gasteiger partial charge in [-0.15, -0.1) is 0 Å². The van der Waals surface area contributed by atoms with Crippen LogP contribution in [-0.2, 0) is 6.42 Å². The standard InChI is InChI=1S/C20H28N2/c1-2-15-8-10-20-18(12-15)14-21-22(20)19-9-7-17(13-19)11-16-5-3-4-6-16/h8,10,12,14,16-17,19H,2-7,9,11,13H2,1H3. The Morgan fingerprint density at radius 2 is 1.95 bits per heavy atom. The normalized spacial score (nSPS) is 26.2. The van der Waals surface area contributed by atoms with Crippen LogP contribution in [-0.4, -0.2) is 9.78 Å². The molecule has 0 saturated heterocycles. The van der Waals surface area contributed by atoms with E-state index in [9.17, 15) is 0 Å². The van der Waals surface area contributed by atoms with Crippen LogP contribution < -0.4 is 0 Å². The molecule has 1 aromatic carbocycles. The molecule has 2 fully saturated rings. The Bertz CT molecular complexity index is 636.